The molecule has 5 aromatic rings. The molecule has 33 heavy (non-hydrogen) atoms. The fourth-order valence-electron chi connectivity index (χ4n) is 3.68. The fraction of sp³-hybridized carbons (Fsp3) is 0.0385. The number of nitrogens with zero attached hydrogens (tertiary/aromatic N) is 2. The van der Waals surface area contributed by atoms with Crippen molar-refractivity contribution in [3.63, 3.8) is 0 Å². The maximum absolute atomic E-state index is 13.3. The minimum atomic E-state index is -0.167. The third-order valence-corrected chi connectivity index (χ3v) is 6.69. The minimum absolute atomic E-state index is 0.116. The first-order valence-corrected chi connectivity index (χ1v) is 12.1. The number of carbonyl (C=O) groups is 1. The van der Waals surface area contributed by atoms with Crippen LogP contribution in [0.15, 0.2) is 105 Å². The molecule has 162 valence electrons. The number of rotatable bonds is 5. The van der Waals surface area contributed by atoms with Crippen LogP contribution in [0.2, 0.25) is 0 Å². The van der Waals surface area contributed by atoms with Crippen molar-refractivity contribution in [2.45, 2.75) is 5.16 Å². The zero-order valence-corrected chi connectivity index (χ0v) is 19.8. The number of thioether (sulfide) groups is 1. The van der Waals surface area contributed by atoms with Crippen molar-refractivity contribution in [1.29, 1.82) is 0 Å². The van der Waals surface area contributed by atoms with Crippen LogP contribution >= 0.6 is 27.7 Å². The van der Waals surface area contributed by atoms with E-state index in [2.05, 4.69) is 21.2 Å². The zero-order chi connectivity index (χ0) is 22.8. The summed E-state index contributed by atoms with van der Waals surface area (Å²) in [5, 5.41) is 6.03. The maximum atomic E-state index is 13.3. The Bertz CT molecular complexity index is 1540. The molecular formula is C26H18BrN3O2S. The van der Waals surface area contributed by atoms with E-state index >= 15 is 0 Å². The van der Waals surface area contributed by atoms with Gasteiger partial charge in [-0.05, 0) is 47.9 Å². The van der Waals surface area contributed by atoms with Gasteiger partial charge in [-0.3, -0.25) is 14.2 Å². The highest BCUT2D eigenvalue weighted by Crippen LogP contribution is 2.25. The number of carbonyl (C=O) groups excluding carboxylic acids is 1. The highest BCUT2D eigenvalue weighted by atomic mass is 79.9. The van der Waals surface area contributed by atoms with Crippen molar-refractivity contribution in [1.82, 2.24) is 9.55 Å². The van der Waals surface area contributed by atoms with E-state index in [1.807, 2.05) is 84.9 Å². The van der Waals surface area contributed by atoms with Crippen LogP contribution in [0.4, 0.5) is 5.69 Å². The van der Waals surface area contributed by atoms with Gasteiger partial charge in [-0.15, -0.1) is 0 Å². The molecule has 0 spiro atoms. The standard InChI is InChI=1S/C26H18BrN3O2S/c27-18-12-14-19(15-13-18)30-25(32)21-9-3-4-10-23(21)29-26(30)33-16-24(31)28-22-11-5-7-17-6-1-2-8-20(17)22/h1-15H,16H2,(H,28,31). The molecule has 0 aliphatic carbocycles. The predicted octanol–water partition coefficient (Wildman–Crippen LogP) is 6.03. The van der Waals surface area contributed by atoms with Crippen molar-refractivity contribution in [2.24, 2.45) is 0 Å². The van der Waals surface area contributed by atoms with E-state index in [0.29, 0.717) is 21.7 Å². The Morgan fingerprint density at radius 1 is 0.879 bits per heavy atom. The average Bonchev–Trinajstić information content (AvgIpc) is 2.84. The zero-order valence-electron chi connectivity index (χ0n) is 17.4. The van der Waals surface area contributed by atoms with Gasteiger partial charge in [0.05, 0.1) is 22.3 Å². The lowest BCUT2D eigenvalue weighted by molar-refractivity contribution is -0.113. The Balaban J connectivity index is 1.47. The molecule has 0 aliphatic heterocycles. The van der Waals surface area contributed by atoms with Crippen LogP contribution in [-0.4, -0.2) is 21.2 Å². The summed E-state index contributed by atoms with van der Waals surface area (Å²) in [6, 6.07) is 28.4. The minimum Gasteiger partial charge on any atom is -0.325 e. The van der Waals surface area contributed by atoms with Crippen LogP contribution in [0.5, 0.6) is 0 Å². The Morgan fingerprint density at radius 3 is 2.39 bits per heavy atom. The summed E-state index contributed by atoms with van der Waals surface area (Å²) in [6.45, 7) is 0. The van der Waals surface area contributed by atoms with E-state index in [1.165, 1.54) is 11.8 Å². The highest BCUT2D eigenvalue weighted by molar-refractivity contribution is 9.10. The normalized spacial score (nSPS) is 11.1. The summed E-state index contributed by atoms with van der Waals surface area (Å²) in [5.41, 5.74) is 1.89. The van der Waals surface area contributed by atoms with Crippen molar-refractivity contribution < 1.29 is 4.79 Å². The smallest absolute Gasteiger partial charge is 0.266 e. The topological polar surface area (TPSA) is 64.0 Å². The van der Waals surface area contributed by atoms with E-state index in [9.17, 15) is 9.59 Å². The first-order valence-electron chi connectivity index (χ1n) is 10.3. The van der Waals surface area contributed by atoms with Crippen molar-refractivity contribution in [2.75, 3.05) is 11.1 Å². The average molecular weight is 516 g/mol. The molecule has 0 atom stereocenters. The molecule has 1 aromatic heterocycles. The van der Waals surface area contributed by atoms with Gasteiger partial charge < -0.3 is 5.32 Å². The van der Waals surface area contributed by atoms with Gasteiger partial charge in [0, 0.05) is 15.5 Å². The van der Waals surface area contributed by atoms with Crippen molar-refractivity contribution in [3.8, 4) is 5.69 Å². The number of hydrogen-bond acceptors (Lipinski definition) is 4. The molecule has 0 unspecified atom stereocenters. The summed E-state index contributed by atoms with van der Waals surface area (Å²) >= 11 is 4.67. The third-order valence-electron chi connectivity index (χ3n) is 5.23. The molecule has 0 saturated carbocycles. The van der Waals surface area contributed by atoms with E-state index in [1.54, 1.807) is 10.6 Å². The number of benzene rings is 4. The lowest BCUT2D eigenvalue weighted by Crippen LogP contribution is -2.23. The van der Waals surface area contributed by atoms with Crippen LogP contribution in [-0.2, 0) is 4.79 Å². The molecule has 1 N–H and O–H groups in total. The molecule has 1 heterocycles. The van der Waals surface area contributed by atoms with E-state index < -0.39 is 0 Å². The maximum Gasteiger partial charge on any atom is 0.266 e. The fourth-order valence-corrected chi connectivity index (χ4v) is 4.75. The van der Waals surface area contributed by atoms with Crippen molar-refractivity contribution >= 4 is 61.0 Å². The Morgan fingerprint density at radius 2 is 1.58 bits per heavy atom. The summed E-state index contributed by atoms with van der Waals surface area (Å²) in [5.74, 6) is -0.0500. The largest absolute Gasteiger partial charge is 0.325 e. The lowest BCUT2D eigenvalue weighted by atomic mass is 10.1. The second-order valence-electron chi connectivity index (χ2n) is 7.39. The molecular weight excluding hydrogens is 498 g/mol. The summed E-state index contributed by atoms with van der Waals surface area (Å²) < 4.78 is 2.47. The van der Waals surface area contributed by atoms with E-state index in [4.69, 9.17) is 4.98 Å². The van der Waals surface area contributed by atoms with Crippen LogP contribution in [0, 0.1) is 0 Å². The quantitative estimate of drug-likeness (QED) is 0.229. The second kappa shape index (κ2) is 9.21. The monoisotopic (exact) mass is 515 g/mol. The molecule has 0 aliphatic rings. The number of hydrogen-bond donors (Lipinski definition) is 1. The molecule has 0 bridgehead atoms. The van der Waals surface area contributed by atoms with Gasteiger partial charge in [0.15, 0.2) is 5.16 Å². The van der Waals surface area contributed by atoms with Crippen LogP contribution in [0.1, 0.15) is 0 Å². The van der Waals surface area contributed by atoms with Gasteiger partial charge in [-0.1, -0.05) is 76.2 Å². The van der Waals surface area contributed by atoms with Gasteiger partial charge in [0.2, 0.25) is 5.91 Å². The lowest BCUT2D eigenvalue weighted by Gasteiger charge is -2.14. The van der Waals surface area contributed by atoms with Gasteiger partial charge in [-0.2, -0.15) is 0 Å². The number of para-hydroxylation sites is 1. The molecule has 0 fully saturated rings. The number of aromatic nitrogens is 2. The first kappa shape index (κ1) is 21.4. The summed E-state index contributed by atoms with van der Waals surface area (Å²) in [7, 11) is 0. The molecule has 5 nitrogen and oxygen atoms in total. The summed E-state index contributed by atoms with van der Waals surface area (Å²) in [6.07, 6.45) is 0. The van der Waals surface area contributed by atoms with Crippen LogP contribution in [0.25, 0.3) is 27.4 Å². The SMILES string of the molecule is O=C(CSc1nc2ccccc2c(=O)n1-c1ccc(Br)cc1)Nc1cccc2ccccc12. The highest BCUT2D eigenvalue weighted by Gasteiger charge is 2.15. The van der Waals surface area contributed by atoms with Gasteiger partial charge >= 0.3 is 0 Å². The Hall–Kier alpha value is -3.42. The molecule has 0 radical (unpaired) electrons. The molecule has 5 rings (SSSR count). The molecule has 7 heteroatoms. The first-order chi connectivity index (χ1) is 16.1. The number of halogens is 1. The predicted molar refractivity (Wildman–Crippen MR) is 138 cm³/mol. The van der Waals surface area contributed by atoms with Crippen LogP contribution < -0.4 is 10.9 Å². The molecule has 4 aromatic carbocycles. The third kappa shape index (κ3) is 4.42. The van der Waals surface area contributed by atoms with Crippen LogP contribution in [0.3, 0.4) is 0 Å². The second-order valence-corrected chi connectivity index (χ2v) is 9.25. The van der Waals surface area contributed by atoms with E-state index in [0.717, 1.165) is 20.9 Å². The van der Waals surface area contributed by atoms with Gasteiger partial charge in [-0.25, -0.2) is 4.98 Å². The molecule has 0 saturated heterocycles. The van der Waals surface area contributed by atoms with Crippen molar-refractivity contribution in [3.05, 3.63) is 106 Å². The number of nitrogens with one attached hydrogen (secondary N) is 1. The summed E-state index contributed by atoms with van der Waals surface area (Å²) in [4.78, 5) is 30.8. The van der Waals surface area contributed by atoms with Gasteiger partial charge in [0.25, 0.3) is 5.56 Å². The Labute approximate surface area is 202 Å². The Kier molecular flexibility index (Phi) is 5.98. The van der Waals surface area contributed by atoms with E-state index in [-0.39, 0.29) is 17.2 Å². The van der Waals surface area contributed by atoms with Gasteiger partial charge in [0.1, 0.15) is 0 Å². The number of fused-ring (bicyclic) bond motifs is 2. The number of amides is 1. The number of anilines is 1. The molecule has 1 amide bonds.